The van der Waals surface area contributed by atoms with Crippen molar-refractivity contribution in [1.82, 2.24) is 0 Å². The number of benzene rings is 2. The first-order valence-electron chi connectivity index (χ1n) is 6.98. The lowest BCUT2D eigenvalue weighted by atomic mass is 9.91. The first-order valence-corrected chi connectivity index (χ1v) is 6.98. The van der Waals surface area contributed by atoms with Crippen LogP contribution < -0.4 is 0 Å². The number of hydrogen-bond donors (Lipinski definition) is 0. The van der Waals surface area contributed by atoms with Gasteiger partial charge in [-0.15, -0.1) is 0 Å². The standard InChI is InChI=1S/C18H14FNO/c19-16-9-7-13(8-10-16)17(11-20)12-1-3-14(4-2-12)18(21)15-5-6-15/h1-4,7-10,15,17H,5-6H2/t17-/m1/s1. The Hall–Kier alpha value is -2.47. The van der Waals surface area contributed by atoms with Crippen LogP contribution in [-0.4, -0.2) is 5.78 Å². The second-order valence-electron chi connectivity index (χ2n) is 5.37. The molecule has 0 aromatic heterocycles. The molecule has 0 bridgehead atoms. The summed E-state index contributed by atoms with van der Waals surface area (Å²) in [4.78, 5) is 12.0. The van der Waals surface area contributed by atoms with Gasteiger partial charge in [0, 0.05) is 11.5 Å². The van der Waals surface area contributed by atoms with Crippen molar-refractivity contribution < 1.29 is 9.18 Å². The van der Waals surface area contributed by atoms with E-state index < -0.39 is 5.92 Å². The average Bonchev–Trinajstić information content (AvgIpc) is 3.35. The van der Waals surface area contributed by atoms with E-state index in [4.69, 9.17) is 0 Å². The molecule has 0 amide bonds. The lowest BCUT2D eigenvalue weighted by Crippen LogP contribution is -2.03. The van der Waals surface area contributed by atoms with E-state index in [1.165, 1.54) is 12.1 Å². The fraction of sp³-hybridized carbons (Fsp3) is 0.222. The molecule has 1 aliphatic rings. The summed E-state index contributed by atoms with van der Waals surface area (Å²) in [6.45, 7) is 0. The minimum Gasteiger partial charge on any atom is -0.294 e. The SMILES string of the molecule is N#C[C@@H](c1ccc(F)cc1)c1ccc(C(=O)C2CC2)cc1. The second-order valence-corrected chi connectivity index (χ2v) is 5.37. The predicted octanol–water partition coefficient (Wildman–Crippen LogP) is 4.07. The molecule has 0 radical (unpaired) electrons. The number of carbonyl (C=O) groups is 1. The number of Topliss-reactive ketones (excluding diaryl/α,β-unsaturated/α-hetero) is 1. The van der Waals surface area contributed by atoms with E-state index in [-0.39, 0.29) is 17.5 Å². The van der Waals surface area contributed by atoms with Gasteiger partial charge < -0.3 is 0 Å². The van der Waals surface area contributed by atoms with Crippen molar-refractivity contribution in [2.75, 3.05) is 0 Å². The van der Waals surface area contributed by atoms with Gasteiger partial charge in [-0.2, -0.15) is 5.26 Å². The normalized spacial score (nSPS) is 15.2. The summed E-state index contributed by atoms with van der Waals surface area (Å²) >= 11 is 0. The molecule has 3 heteroatoms. The topological polar surface area (TPSA) is 40.9 Å². The second kappa shape index (κ2) is 5.49. The highest BCUT2D eigenvalue weighted by atomic mass is 19.1. The number of ketones is 1. The Morgan fingerprint density at radius 1 is 1.05 bits per heavy atom. The number of carbonyl (C=O) groups excluding carboxylic acids is 1. The van der Waals surface area contributed by atoms with Crippen molar-refractivity contribution in [2.24, 2.45) is 5.92 Å². The van der Waals surface area contributed by atoms with Crippen LogP contribution in [0.25, 0.3) is 0 Å². The molecule has 1 saturated carbocycles. The summed E-state index contributed by atoms with van der Waals surface area (Å²) in [6.07, 6.45) is 1.97. The van der Waals surface area contributed by atoms with Crippen LogP contribution in [0.3, 0.4) is 0 Å². The van der Waals surface area contributed by atoms with Gasteiger partial charge in [-0.25, -0.2) is 4.39 Å². The lowest BCUT2D eigenvalue weighted by Gasteiger charge is -2.10. The third kappa shape index (κ3) is 2.85. The zero-order valence-electron chi connectivity index (χ0n) is 11.4. The van der Waals surface area contributed by atoms with Crippen LogP contribution in [-0.2, 0) is 0 Å². The quantitative estimate of drug-likeness (QED) is 0.791. The summed E-state index contributed by atoms with van der Waals surface area (Å²) < 4.78 is 13.0. The van der Waals surface area contributed by atoms with Gasteiger partial charge in [0.15, 0.2) is 5.78 Å². The Morgan fingerprint density at radius 2 is 1.57 bits per heavy atom. The molecule has 0 unspecified atom stereocenters. The van der Waals surface area contributed by atoms with E-state index in [9.17, 15) is 14.4 Å². The van der Waals surface area contributed by atoms with Gasteiger partial charge in [-0.1, -0.05) is 36.4 Å². The molecular formula is C18H14FNO. The monoisotopic (exact) mass is 279 g/mol. The maximum absolute atomic E-state index is 13.0. The number of nitriles is 1. The largest absolute Gasteiger partial charge is 0.294 e. The first-order chi connectivity index (χ1) is 10.2. The van der Waals surface area contributed by atoms with Gasteiger partial charge in [-0.05, 0) is 36.1 Å². The number of halogens is 1. The molecular weight excluding hydrogens is 265 g/mol. The van der Waals surface area contributed by atoms with E-state index >= 15 is 0 Å². The van der Waals surface area contributed by atoms with Crippen LogP contribution in [0.5, 0.6) is 0 Å². The van der Waals surface area contributed by atoms with Crippen molar-refractivity contribution in [3.8, 4) is 6.07 Å². The van der Waals surface area contributed by atoms with Crippen LogP contribution in [0.2, 0.25) is 0 Å². The Labute approximate surface area is 122 Å². The lowest BCUT2D eigenvalue weighted by molar-refractivity contribution is 0.0967. The van der Waals surface area contributed by atoms with Gasteiger partial charge in [0.1, 0.15) is 5.82 Å². The predicted molar refractivity (Wildman–Crippen MR) is 77.4 cm³/mol. The zero-order valence-corrected chi connectivity index (χ0v) is 11.4. The third-order valence-corrected chi connectivity index (χ3v) is 3.81. The maximum atomic E-state index is 13.0. The molecule has 2 aromatic carbocycles. The van der Waals surface area contributed by atoms with Crippen LogP contribution in [0, 0.1) is 23.1 Å². The van der Waals surface area contributed by atoms with Crippen LogP contribution in [0.15, 0.2) is 48.5 Å². The molecule has 0 saturated heterocycles. The summed E-state index contributed by atoms with van der Waals surface area (Å²) in [5, 5.41) is 9.37. The van der Waals surface area contributed by atoms with E-state index in [0.717, 1.165) is 24.0 Å². The van der Waals surface area contributed by atoms with Crippen molar-refractivity contribution >= 4 is 5.78 Å². The molecule has 0 aliphatic heterocycles. The van der Waals surface area contributed by atoms with Crippen LogP contribution in [0.4, 0.5) is 4.39 Å². The van der Waals surface area contributed by atoms with Gasteiger partial charge in [0.25, 0.3) is 0 Å². The molecule has 1 fully saturated rings. The molecule has 2 nitrogen and oxygen atoms in total. The van der Waals surface area contributed by atoms with Gasteiger partial charge in [0.05, 0.1) is 12.0 Å². The summed E-state index contributed by atoms with van der Waals surface area (Å²) in [6, 6.07) is 15.4. The van der Waals surface area contributed by atoms with Gasteiger partial charge in [-0.3, -0.25) is 4.79 Å². The van der Waals surface area contributed by atoms with Crippen molar-refractivity contribution in [3.63, 3.8) is 0 Å². The Kier molecular flexibility index (Phi) is 3.53. The summed E-state index contributed by atoms with van der Waals surface area (Å²) in [7, 11) is 0. The Morgan fingerprint density at radius 3 is 2.05 bits per heavy atom. The van der Waals surface area contributed by atoms with Crippen molar-refractivity contribution in [2.45, 2.75) is 18.8 Å². The minimum atomic E-state index is -0.448. The molecule has 3 rings (SSSR count). The van der Waals surface area contributed by atoms with Gasteiger partial charge >= 0.3 is 0 Å². The van der Waals surface area contributed by atoms with E-state index in [1.807, 2.05) is 12.1 Å². The maximum Gasteiger partial charge on any atom is 0.165 e. The van der Waals surface area contributed by atoms with Gasteiger partial charge in [0.2, 0.25) is 0 Å². The minimum absolute atomic E-state index is 0.192. The third-order valence-electron chi connectivity index (χ3n) is 3.81. The van der Waals surface area contributed by atoms with Crippen LogP contribution in [0.1, 0.15) is 40.2 Å². The molecule has 2 aromatic rings. The smallest absolute Gasteiger partial charge is 0.165 e. The highest BCUT2D eigenvalue weighted by Crippen LogP contribution is 2.33. The Balaban J connectivity index is 1.85. The molecule has 21 heavy (non-hydrogen) atoms. The highest BCUT2D eigenvalue weighted by molar-refractivity contribution is 5.99. The molecule has 104 valence electrons. The summed E-state index contributed by atoms with van der Waals surface area (Å²) in [5.41, 5.74) is 2.27. The fourth-order valence-electron chi connectivity index (χ4n) is 2.42. The molecule has 0 N–H and O–H groups in total. The van der Waals surface area contributed by atoms with E-state index in [1.54, 1.807) is 24.3 Å². The summed E-state index contributed by atoms with van der Waals surface area (Å²) in [5.74, 6) is -0.381. The average molecular weight is 279 g/mol. The molecule has 0 spiro atoms. The first kappa shape index (κ1) is 13.5. The number of nitrogens with zero attached hydrogens (tertiary/aromatic N) is 1. The van der Waals surface area contributed by atoms with Crippen molar-refractivity contribution in [3.05, 3.63) is 71.0 Å². The van der Waals surface area contributed by atoms with E-state index in [2.05, 4.69) is 6.07 Å². The highest BCUT2D eigenvalue weighted by Gasteiger charge is 2.30. The van der Waals surface area contributed by atoms with Crippen molar-refractivity contribution in [1.29, 1.82) is 5.26 Å². The Bertz CT molecular complexity index is 693. The molecule has 1 aliphatic carbocycles. The fourth-order valence-corrected chi connectivity index (χ4v) is 2.42. The van der Waals surface area contributed by atoms with Crippen LogP contribution >= 0.6 is 0 Å². The number of rotatable bonds is 4. The molecule has 1 atom stereocenters. The molecule has 0 heterocycles. The zero-order chi connectivity index (χ0) is 14.8. The number of hydrogen-bond acceptors (Lipinski definition) is 2. The van der Waals surface area contributed by atoms with E-state index in [0.29, 0.717) is 5.56 Å².